The summed E-state index contributed by atoms with van der Waals surface area (Å²) in [5, 5.41) is 2.61. The van der Waals surface area contributed by atoms with Crippen LogP contribution in [0.4, 0.5) is 4.39 Å². The van der Waals surface area contributed by atoms with E-state index in [4.69, 9.17) is 4.74 Å². The number of hydrogen-bond donors (Lipinski definition) is 0. The van der Waals surface area contributed by atoms with Crippen LogP contribution < -0.4 is 4.74 Å². The van der Waals surface area contributed by atoms with Gasteiger partial charge in [0, 0.05) is 17.6 Å². The molecule has 3 aromatic rings. The minimum absolute atomic E-state index is 0.316. The van der Waals surface area contributed by atoms with Crippen molar-refractivity contribution in [2.24, 2.45) is 0 Å². The van der Waals surface area contributed by atoms with Gasteiger partial charge in [0.1, 0.15) is 5.82 Å². The van der Waals surface area contributed by atoms with Crippen molar-refractivity contribution in [2.75, 3.05) is 7.11 Å². The third kappa shape index (κ3) is 1.57. The molecule has 0 bridgehead atoms. The molecule has 0 radical (unpaired) electrons. The molecule has 2 aromatic heterocycles. The fourth-order valence-corrected chi connectivity index (χ4v) is 2.33. The lowest BCUT2D eigenvalue weighted by molar-refractivity contribution is 0.375. The first-order chi connectivity index (χ1) is 8.29. The molecule has 1 aromatic carbocycles. The summed E-state index contributed by atoms with van der Waals surface area (Å²) in [7, 11) is 1.53. The van der Waals surface area contributed by atoms with E-state index in [2.05, 4.69) is 9.97 Å². The van der Waals surface area contributed by atoms with E-state index in [1.54, 1.807) is 16.8 Å². The fraction of sp³-hybridized carbons (Fsp3) is 0.0909. The lowest BCUT2D eigenvalue weighted by atomic mass is 10.3. The van der Waals surface area contributed by atoms with Gasteiger partial charge in [-0.05, 0) is 12.1 Å². The summed E-state index contributed by atoms with van der Waals surface area (Å²) in [5.41, 5.74) is 1.33. The molecule has 0 unspecified atom stereocenters. The van der Waals surface area contributed by atoms with Crippen LogP contribution in [-0.2, 0) is 0 Å². The Balaban J connectivity index is 2.35. The first kappa shape index (κ1) is 10.2. The molecule has 0 N–H and O–H groups in total. The zero-order chi connectivity index (χ0) is 11.8. The van der Waals surface area contributed by atoms with Crippen LogP contribution in [0.25, 0.3) is 16.2 Å². The summed E-state index contributed by atoms with van der Waals surface area (Å²) in [4.78, 5) is 8.42. The molecular formula is C11H8FN3OS. The lowest BCUT2D eigenvalue weighted by Crippen LogP contribution is -1.97. The second-order valence-electron chi connectivity index (χ2n) is 3.38. The Labute approximate surface area is 100 Å². The zero-order valence-electron chi connectivity index (χ0n) is 8.92. The van der Waals surface area contributed by atoms with Crippen molar-refractivity contribution >= 4 is 22.4 Å². The minimum Gasteiger partial charge on any atom is -0.468 e. The summed E-state index contributed by atoms with van der Waals surface area (Å²) in [5.74, 6) is -0.316. The average molecular weight is 249 g/mol. The van der Waals surface area contributed by atoms with Gasteiger partial charge in [-0.25, -0.2) is 13.9 Å². The Morgan fingerprint density at radius 3 is 3.00 bits per heavy atom. The number of thiazole rings is 1. The van der Waals surface area contributed by atoms with Crippen LogP contribution in [-0.4, -0.2) is 21.6 Å². The van der Waals surface area contributed by atoms with Gasteiger partial charge >= 0.3 is 6.01 Å². The van der Waals surface area contributed by atoms with Crippen molar-refractivity contribution in [1.82, 2.24) is 14.5 Å². The Kier molecular flexibility index (Phi) is 2.29. The maximum absolute atomic E-state index is 13.1. The van der Waals surface area contributed by atoms with Crippen LogP contribution in [0.2, 0.25) is 0 Å². The normalized spacial score (nSPS) is 10.9. The molecule has 2 heterocycles. The van der Waals surface area contributed by atoms with Crippen LogP contribution in [0.15, 0.2) is 29.8 Å². The summed E-state index contributed by atoms with van der Waals surface area (Å²) < 4.78 is 20.1. The van der Waals surface area contributed by atoms with Gasteiger partial charge in [0.25, 0.3) is 0 Å². The highest BCUT2D eigenvalue weighted by Gasteiger charge is 2.14. The predicted octanol–water partition coefficient (Wildman–Crippen LogP) is 2.63. The Morgan fingerprint density at radius 1 is 1.41 bits per heavy atom. The van der Waals surface area contributed by atoms with E-state index >= 15 is 0 Å². The second kappa shape index (κ2) is 3.81. The van der Waals surface area contributed by atoms with Crippen LogP contribution in [0, 0.1) is 5.82 Å². The van der Waals surface area contributed by atoms with Gasteiger partial charge in [-0.1, -0.05) is 0 Å². The van der Waals surface area contributed by atoms with Gasteiger partial charge in [0.15, 0.2) is 5.13 Å². The SMILES string of the molecule is COc1nc2cc(F)ccc2n1-c1nccs1. The largest absolute Gasteiger partial charge is 0.468 e. The number of methoxy groups -OCH3 is 1. The minimum atomic E-state index is -0.316. The van der Waals surface area contributed by atoms with E-state index in [0.717, 1.165) is 10.6 Å². The van der Waals surface area contributed by atoms with E-state index in [-0.39, 0.29) is 5.82 Å². The third-order valence-corrected chi connectivity index (χ3v) is 3.14. The van der Waals surface area contributed by atoms with Gasteiger partial charge < -0.3 is 4.74 Å². The molecule has 0 fully saturated rings. The molecule has 4 nitrogen and oxygen atoms in total. The van der Waals surface area contributed by atoms with Crippen LogP contribution >= 0.6 is 11.3 Å². The first-order valence-corrected chi connectivity index (χ1v) is 5.79. The van der Waals surface area contributed by atoms with Crippen molar-refractivity contribution in [3.8, 4) is 11.1 Å². The Morgan fingerprint density at radius 2 is 2.29 bits per heavy atom. The quantitative estimate of drug-likeness (QED) is 0.701. The number of ether oxygens (including phenoxy) is 1. The summed E-state index contributed by atoms with van der Waals surface area (Å²) >= 11 is 1.47. The molecule has 17 heavy (non-hydrogen) atoms. The number of aromatic nitrogens is 3. The molecule has 86 valence electrons. The molecule has 6 heteroatoms. The number of imidazole rings is 1. The van der Waals surface area contributed by atoms with Crippen LogP contribution in [0.5, 0.6) is 6.01 Å². The van der Waals surface area contributed by atoms with Crippen molar-refractivity contribution in [3.05, 3.63) is 35.6 Å². The molecule has 0 amide bonds. The molecule has 0 aliphatic rings. The van der Waals surface area contributed by atoms with Gasteiger partial charge in [-0.3, -0.25) is 0 Å². The number of fused-ring (bicyclic) bond motifs is 1. The standard InChI is InChI=1S/C11H8FN3OS/c1-16-10-14-8-6-7(12)2-3-9(8)15(10)11-13-4-5-17-11/h2-6H,1H3. The summed E-state index contributed by atoms with van der Waals surface area (Å²) in [6, 6.07) is 4.84. The molecule has 0 spiro atoms. The molecule has 0 aliphatic heterocycles. The lowest BCUT2D eigenvalue weighted by Gasteiger charge is -2.02. The number of halogens is 1. The molecule has 0 aliphatic carbocycles. The average Bonchev–Trinajstić information content (AvgIpc) is 2.93. The zero-order valence-corrected chi connectivity index (χ0v) is 9.74. The maximum Gasteiger partial charge on any atom is 0.303 e. The van der Waals surface area contributed by atoms with Crippen LogP contribution in [0.1, 0.15) is 0 Å². The van der Waals surface area contributed by atoms with Crippen molar-refractivity contribution in [2.45, 2.75) is 0 Å². The molecule has 0 saturated heterocycles. The number of benzene rings is 1. The summed E-state index contributed by atoms with van der Waals surface area (Å²) in [6.07, 6.45) is 1.70. The van der Waals surface area contributed by atoms with Gasteiger partial charge in [0.2, 0.25) is 0 Å². The number of hydrogen-bond acceptors (Lipinski definition) is 4. The van der Waals surface area contributed by atoms with Gasteiger partial charge in [-0.2, -0.15) is 4.98 Å². The topological polar surface area (TPSA) is 39.9 Å². The van der Waals surface area contributed by atoms with E-state index in [0.29, 0.717) is 11.5 Å². The van der Waals surface area contributed by atoms with Gasteiger partial charge in [-0.15, -0.1) is 11.3 Å². The smallest absolute Gasteiger partial charge is 0.303 e. The van der Waals surface area contributed by atoms with E-state index in [1.807, 2.05) is 5.38 Å². The summed E-state index contributed by atoms with van der Waals surface area (Å²) in [6.45, 7) is 0. The van der Waals surface area contributed by atoms with E-state index < -0.39 is 0 Å². The van der Waals surface area contributed by atoms with Crippen LogP contribution in [0.3, 0.4) is 0 Å². The number of nitrogens with zero attached hydrogens (tertiary/aromatic N) is 3. The van der Waals surface area contributed by atoms with Crippen molar-refractivity contribution in [3.63, 3.8) is 0 Å². The first-order valence-electron chi connectivity index (χ1n) is 4.91. The molecule has 3 rings (SSSR count). The maximum atomic E-state index is 13.1. The van der Waals surface area contributed by atoms with Gasteiger partial charge in [0.05, 0.1) is 18.1 Å². The molecular weight excluding hydrogens is 241 g/mol. The van der Waals surface area contributed by atoms with Crippen molar-refractivity contribution < 1.29 is 9.13 Å². The third-order valence-electron chi connectivity index (χ3n) is 2.38. The molecule has 0 atom stereocenters. The van der Waals surface area contributed by atoms with E-state index in [9.17, 15) is 4.39 Å². The van der Waals surface area contributed by atoms with Crippen molar-refractivity contribution in [1.29, 1.82) is 0 Å². The highest BCUT2D eigenvalue weighted by atomic mass is 32.1. The monoisotopic (exact) mass is 249 g/mol. The Hall–Kier alpha value is -1.95. The predicted molar refractivity (Wildman–Crippen MR) is 63.3 cm³/mol. The fourth-order valence-electron chi connectivity index (χ4n) is 1.68. The highest BCUT2D eigenvalue weighted by molar-refractivity contribution is 7.12. The molecule has 0 saturated carbocycles. The second-order valence-corrected chi connectivity index (χ2v) is 4.25. The highest BCUT2D eigenvalue weighted by Crippen LogP contribution is 2.27. The Bertz CT molecular complexity index is 663. The number of rotatable bonds is 2. The van der Waals surface area contributed by atoms with E-state index in [1.165, 1.54) is 30.6 Å².